The maximum absolute atomic E-state index is 8.77. The van der Waals surface area contributed by atoms with Crippen molar-refractivity contribution in [3.05, 3.63) is 41.2 Å². The number of benzene rings is 1. The fourth-order valence-corrected chi connectivity index (χ4v) is 1.93. The molecule has 0 N–H and O–H groups in total. The van der Waals surface area contributed by atoms with E-state index in [1.807, 2.05) is 28.8 Å². The molecule has 0 aliphatic rings. The van der Waals surface area contributed by atoms with Gasteiger partial charge in [-0.2, -0.15) is 5.26 Å². The Balaban J connectivity index is 2.60. The smallest absolute Gasteiger partial charge is 0.124 e. The summed E-state index contributed by atoms with van der Waals surface area (Å²) < 4.78 is 2.88. The Morgan fingerprint density at radius 3 is 2.94 bits per heavy atom. The van der Waals surface area contributed by atoms with Crippen LogP contribution >= 0.6 is 15.9 Å². The van der Waals surface area contributed by atoms with Crippen LogP contribution in [0, 0.1) is 11.3 Å². The Labute approximate surface area is 102 Å². The van der Waals surface area contributed by atoms with Gasteiger partial charge in [0.15, 0.2) is 0 Å². The maximum atomic E-state index is 8.77. The van der Waals surface area contributed by atoms with Crippen LogP contribution in [0.1, 0.15) is 5.82 Å². The molecule has 0 amide bonds. The van der Waals surface area contributed by atoms with Gasteiger partial charge in [0.2, 0.25) is 0 Å². The fourth-order valence-electron chi connectivity index (χ4n) is 1.68. The highest BCUT2D eigenvalue weighted by atomic mass is 79.9. The molecule has 1 heterocycles. The van der Waals surface area contributed by atoms with Gasteiger partial charge in [-0.1, -0.05) is 34.6 Å². The van der Waals surface area contributed by atoms with E-state index in [1.54, 1.807) is 0 Å². The molecule has 80 valence electrons. The number of allylic oxidation sites excluding steroid dienone is 1. The molecule has 4 heteroatoms. The Morgan fingerprint density at radius 1 is 1.50 bits per heavy atom. The normalized spacial score (nSPS) is 10.2. The third-order valence-electron chi connectivity index (χ3n) is 2.30. The van der Waals surface area contributed by atoms with E-state index in [-0.39, 0.29) is 0 Å². The number of aromatic nitrogens is 2. The number of hydrogen-bond acceptors (Lipinski definition) is 2. The number of rotatable bonds is 3. The second-order valence-corrected chi connectivity index (χ2v) is 4.58. The molecule has 0 atom stereocenters. The van der Waals surface area contributed by atoms with E-state index >= 15 is 0 Å². The van der Waals surface area contributed by atoms with Crippen LogP contribution in [0.25, 0.3) is 11.0 Å². The lowest BCUT2D eigenvalue weighted by Gasteiger charge is -2.05. The van der Waals surface area contributed by atoms with E-state index in [0.717, 1.165) is 21.3 Å². The predicted molar refractivity (Wildman–Crippen MR) is 67.1 cm³/mol. The van der Waals surface area contributed by atoms with Gasteiger partial charge >= 0.3 is 0 Å². The number of nitrogens with zero attached hydrogens (tertiary/aromatic N) is 3. The Morgan fingerprint density at radius 2 is 2.25 bits per heavy atom. The van der Waals surface area contributed by atoms with Crippen molar-refractivity contribution in [3.8, 4) is 6.07 Å². The molecule has 1 aromatic heterocycles. The van der Waals surface area contributed by atoms with Gasteiger partial charge in [0, 0.05) is 4.48 Å². The molecule has 0 fully saturated rings. The second-order valence-electron chi connectivity index (χ2n) is 3.46. The quantitative estimate of drug-likeness (QED) is 0.864. The summed E-state index contributed by atoms with van der Waals surface area (Å²) in [5.74, 6) is 0.782. The summed E-state index contributed by atoms with van der Waals surface area (Å²) in [5, 5.41) is 8.77. The van der Waals surface area contributed by atoms with Crippen molar-refractivity contribution in [2.75, 3.05) is 0 Å². The molecule has 2 aromatic rings. The first-order valence-electron chi connectivity index (χ1n) is 4.86. The largest absolute Gasteiger partial charge is 0.322 e. The minimum atomic E-state index is 0.314. The molecule has 1 aromatic carbocycles. The Bertz CT molecular complexity index is 577. The van der Waals surface area contributed by atoms with Gasteiger partial charge in [-0.15, -0.1) is 0 Å². The van der Waals surface area contributed by atoms with Gasteiger partial charge < -0.3 is 4.57 Å². The molecule has 0 unspecified atom stereocenters. The van der Waals surface area contributed by atoms with Gasteiger partial charge in [-0.25, -0.2) is 4.98 Å². The number of imidazole rings is 1. The van der Waals surface area contributed by atoms with Gasteiger partial charge in [-0.05, 0) is 12.1 Å². The molecule has 0 saturated heterocycles. The van der Waals surface area contributed by atoms with Crippen molar-refractivity contribution in [2.45, 2.75) is 13.0 Å². The highest BCUT2D eigenvalue weighted by Gasteiger charge is 2.09. The van der Waals surface area contributed by atoms with Crippen molar-refractivity contribution >= 4 is 27.0 Å². The summed E-state index contributed by atoms with van der Waals surface area (Å²) >= 11 is 3.34. The lowest BCUT2D eigenvalue weighted by atomic mass is 10.3. The lowest BCUT2D eigenvalue weighted by Crippen LogP contribution is -2.03. The number of nitriles is 1. The maximum Gasteiger partial charge on any atom is 0.124 e. The van der Waals surface area contributed by atoms with Crippen LogP contribution in [0.5, 0.6) is 0 Å². The van der Waals surface area contributed by atoms with Crippen LogP contribution in [-0.4, -0.2) is 9.55 Å². The number of fused-ring (bicyclic) bond motifs is 1. The molecule has 0 aliphatic carbocycles. The molecule has 0 spiro atoms. The Hall–Kier alpha value is -1.60. The number of halogens is 1. The zero-order valence-corrected chi connectivity index (χ0v) is 10.2. The van der Waals surface area contributed by atoms with Crippen molar-refractivity contribution in [3.63, 3.8) is 0 Å². The summed E-state index contributed by atoms with van der Waals surface area (Å²) in [6, 6.07) is 9.99. The van der Waals surface area contributed by atoms with Crippen molar-refractivity contribution in [2.24, 2.45) is 0 Å². The molecule has 0 bridgehead atoms. The van der Waals surface area contributed by atoms with Crippen LogP contribution in [0.3, 0.4) is 0 Å². The molecule has 3 nitrogen and oxygen atoms in total. The fraction of sp³-hybridized carbons (Fsp3) is 0.167. The number of para-hydroxylation sites is 2. The van der Waals surface area contributed by atoms with Crippen molar-refractivity contribution < 1.29 is 0 Å². The molecule has 2 rings (SSSR count). The van der Waals surface area contributed by atoms with Crippen LogP contribution in [0.2, 0.25) is 0 Å². The molecule has 0 radical (unpaired) electrons. The average molecular weight is 276 g/mol. The highest BCUT2D eigenvalue weighted by Crippen LogP contribution is 2.19. The van der Waals surface area contributed by atoms with Gasteiger partial charge in [0.05, 0.1) is 30.1 Å². The molecule has 16 heavy (non-hydrogen) atoms. The predicted octanol–water partition coefficient (Wildman–Crippen LogP) is 3.01. The van der Waals surface area contributed by atoms with E-state index in [4.69, 9.17) is 5.26 Å². The summed E-state index contributed by atoms with van der Waals surface area (Å²) in [4.78, 5) is 4.43. The Kier molecular flexibility index (Phi) is 3.07. The monoisotopic (exact) mass is 275 g/mol. The minimum Gasteiger partial charge on any atom is -0.322 e. The topological polar surface area (TPSA) is 41.6 Å². The zero-order chi connectivity index (χ0) is 11.5. The van der Waals surface area contributed by atoms with E-state index in [0.29, 0.717) is 13.0 Å². The molecule has 0 aliphatic heterocycles. The van der Waals surface area contributed by atoms with Crippen molar-refractivity contribution in [1.82, 2.24) is 9.55 Å². The SMILES string of the molecule is C=C(Br)Cn1c(CC#N)nc2ccccc21. The number of hydrogen-bond donors (Lipinski definition) is 0. The van der Waals surface area contributed by atoms with E-state index < -0.39 is 0 Å². The second kappa shape index (κ2) is 4.50. The standard InChI is InChI=1S/C12H10BrN3/c1-9(13)8-16-11-5-3-2-4-10(11)15-12(16)6-7-14/h2-5H,1,6,8H2. The third-order valence-corrected chi connectivity index (χ3v) is 2.55. The van der Waals surface area contributed by atoms with E-state index in [9.17, 15) is 0 Å². The van der Waals surface area contributed by atoms with E-state index in [2.05, 4.69) is 33.6 Å². The van der Waals surface area contributed by atoms with Gasteiger partial charge in [0.1, 0.15) is 5.82 Å². The van der Waals surface area contributed by atoms with Crippen LogP contribution in [0.15, 0.2) is 35.3 Å². The highest BCUT2D eigenvalue weighted by molar-refractivity contribution is 9.11. The first-order valence-corrected chi connectivity index (χ1v) is 5.66. The van der Waals surface area contributed by atoms with Crippen LogP contribution < -0.4 is 0 Å². The molecular formula is C12H10BrN3. The van der Waals surface area contributed by atoms with Crippen molar-refractivity contribution in [1.29, 1.82) is 5.26 Å². The van der Waals surface area contributed by atoms with Crippen LogP contribution in [0.4, 0.5) is 0 Å². The molecule has 0 saturated carbocycles. The first-order chi connectivity index (χ1) is 7.72. The average Bonchev–Trinajstić information content (AvgIpc) is 2.57. The third kappa shape index (κ3) is 2.00. The van der Waals surface area contributed by atoms with Gasteiger partial charge in [-0.3, -0.25) is 0 Å². The van der Waals surface area contributed by atoms with E-state index in [1.165, 1.54) is 0 Å². The van der Waals surface area contributed by atoms with Crippen LogP contribution in [-0.2, 0) is 13.0 Å². The molecular weight excluding hydrogens is 266 g/mol. The summed E-state index contributed by atoms with van der Waals surface area (Å²) in [6.07, 6.45) is 0.314. The summed E-state index contributed by atoms with van der Waals surface area (Å²) in [7, 11) is 0. The first kappa shape index (κ1) is 10.9. The lowest BCUT2D eigenvalue weighted by molar-refractivity contribution is 0.784. The minimum absolute atomic E-state index is 0.314. The summed E-state index contributed by atoms with van der Waals surface area (Å²) in [5.41, 5.74) is 1.95. The van der Waals surface area contributed by atoms with Gasteiger partial charge in [0.25, 0.3) is 0 Å². The zero-order valence-electron chi connectivity index (χ0n) is 8.65. The summed E-state index contributed by atoms with van der Waals surface area (Å²) in [6.45, 7) is 4.46.